The molecule has 0 aliphatic heterocycles. The molecule has 0 spiro atoms. The SMILES string of the molecule is CCC=CCCCCC(CCC)C(=O)O[Si](CC)(CC)CC. The summed E-state index contributed by atoms with van der Waals surface area (Å²) in [5.41, 5.74) is 0. The Morgan fingerprint density at radius 1 is 0.955 bits per heavy atom. The molecule has 0 aliphatic rings. The van der Waals surface area contributed by atoms with Gasteiger partial charge in [-0.15, -0.1) is 0 Å². The van der Waals surface area contributed by atoms with Crippen LogP contribution in [0.1, 0.15) is 79.6 Å². The molecule has 0 amide bonds. The Labute approximate surface area is 139 Å². The first-order valence-corrected chi connectivity index (χ1v) is 12.0. The van der Waals surface area contributed by atoms with E-state index in [0.29, 0.717) is 0 Å². The Hall–Kier alpha value is -0.573. The first-order valence-electron chi connectivity index (χ1n) is 9.46. The lowest BCUT2D eigenvalue weighted by Gasteiger charge is -2.30. The average Bonchev–Trinajstić information content (AvgIpc) is 2.54. The minimum Gasteiger partial charge on any atom is -0.519 e. The van der Waals surface area contributed by atoms with Crippen LogP contribution >= 0.6 is 0 Å². The summed E-state index contributed by atoms with van der Waals surface area (Å²) in [7, 11) is -1.80. The molecule has 1 unspecified atom stereocenters. The van der Waals surface area contributed by atoms with Gasteiger partial charge < -0.3 is 4.43 Å². The first-order chi connectivity index (χ1) is 10.6. The van der Waals surface area contributed by atoms with Gasteiger partial charge in [-0.3, -0.25) is 4.79 Å². The monoisotopic (exact) mass is 326 g/mol. The molecule has 0 N–H and O–H groups in total. The number of carbonyl (C=O) groups excluding carboxylic acids is 1. The van der Waals surface area contributed by atoms with Gasteiger partial charge in [-0.05, 0) is 50.2 Å². The highest BCUT2D eigenvalue weighted by Crippen LogP contribution is 2.26. The van der Waals surface area contributed by atoms with E-state index in [1.165, 1.54) is 6.42 Å². The van der Waals surface area contributed by atoms with Crippen molar-refractivity contribution in [3.8, 4) is 0 Å². The van der Waals surface area contributed by atoms with Crippen LogP contribution in [-0.4, -0.2) is 14.3 Å². The number of carbonyl (C=O) groups is 1. The van der Waals surface area contributed by atoms with E-state index < -0.39 is 8.32 Å². The van der Waals surface area contributed by atoms with Crippen molar-refractivity contribution in [1.82, 2.24) is 0 Å². The highest BCUT2D eigenvalue weighted by molar-refractivity contribution is 6.74. The molecule has 0 saturated heterocycles. The zero-order valence-corrected chi connectivity index (χ0v) is 16.6. The Morgan fingerprint density at radius 2 is 1.59 bits per heavy atom. The van der Waals surface area contributed by atoms with Crippen molar-refractivity contribution in [3.63, 3.8) is 0 Å². The van der Waals surface area contributed by atoms with Gasteiger partial charge in [0.25, 0.3) is 14.3 Å². The van der Waals surface area contributed by atoms with Crippen LogP contribution in [0.2, 0.25) is 18.1 Å². The molecular formula is C19H38O2Si. The first kappa shape index (κ1) is 21.4. The summed E-state index contributed by atoms with van der Waals surface area (Å²) in [5, 5.41) is 0. The smallest absolute Gasteiger partial charge is 0.295 e. The molecule has 0 radical (unpaired) electrons. The van der Waals surface area contributed by atoms with Gasteiger partial charge in [-0.2, -0.15) is 0 Å². The van der Waals surface area contributed by atoms with Crippen LogP contribution < -0.4 is 0 Å². The Morgan fingerprint density at radius 3 is 2.09 bits per heavy atom. The van der Waals surface area contributed by atoms with E-state index in [4.69, 9.17) is 4.43 Å². The highest BCUT2D eigenvalue weighted by Gasteiger charge is 2.34. The van der Waals surface area contributed by atoms with Gasteiger partial charge in [0, 0.05) is 0 Å². The largest absolute Gasteiger partial charge is 0.519 e. The fraction of sp³-hybridized carbons (Fsp3) is 0.842. The lowest BCUT2D eigenvalue weighted by atomic mass is 9.97. The molecule has 2 nitrogen and oxygen atoms in total. The zero-order valence-electron chi connectivity index (χ0n) is 15.6. The van der Waals surface area contributed by atoms with Crippen molar-refractivity contribution >= 4 is 14.3 Å². The topological polar surface area (TPSA) is 26.3 Å². The number of unbranched alkanes of at least 4 members (excludes halogenated alkanes) is 2. The van der Waals surface area contributed by atoms with Crippen LogP contribution in [0.25, 0.3) is 0 Å². The summed E-state index contributed by atoms with van der Waals surface area (Å²) >= 11 is 0. The molecule has 3 heteroatoms. The molecule has 0 aliphatic carbocycles. The molecule has 22 heavy (non-hydrogen) atoms. The van der Waals surface area contributed by atoms with Gasteiger partial charge in [0.15, 0.2) is 0 Å². The molecule has 0 saturated carbocycles. The highest BCUT2D eigenvalue weighted by atomic mass is 28.4. The Balaban J connectivity index is 4.40. The molecule has 0 fully saturated rings. The second-order valence-electron chi connectivity index (χ2n) is 6.31. The lowest BCUT2D eigenvalue weighted by Crippen LogP contribution is -2.40. The maximum atomic E-state index is 12.6. The van der Waals surface area contributed by atoms with Crippen molar-refractivity contribution in [2.75, 3.05) is 0 Å². The van der Waals surface area contributed by atoms with Gasteiger partial charge in [-0.1, -0.05) is 59.6 Å². The second-order valence-corrected chi connectivity index (χ2v) is 11.0. The molecule has 0 aromatic rings. The summed E-state index contributed by atoms with van der Waals surface area (Å²) in [5.74, 6) is 0.222. The van der Waals surface area contributed by atoms with Crippen LogP contribution in [0.5, 0.6) is 0 Å². The van der Waals surface area contributed by atoms with Crippen molar-refractivity contribution in [2.24, 2.45) is 5.92 Å². The fourth-order valence-corrected chi connectivity index (χ4v) is 5.46. The second kappa shape index (κ2) is 12.9. The van der Waals surface area contributed by atoms with Gasteiger partial charge in [0.05, 0.1) is 5.92 Å². The molecule has 0 aromatic carbocycles. The van der Waals surface area contributed by atoms with E-state index in [9.17, 15) is 4.79 Å². The number of rotatable bonds is 13. The molecule has 130 valence electrons. The van der Waals surface area contributed by atoms with Crippen molar-refractivity contribution in [3.05, 3.63) is 12.2 Å². The maximum Gasteiger partial charge on any atom is 0.295 e. The van der Waals surface area contributed by atoms with E-state index in [-0.39, 0.29) is 11.9 Å². The van der Waals surface area contributed by atoms with Crippen molar-refractivity contribution in [1.29, 1.82) is 0 Å². The lowest BCUT2D eigenvalue weighted by molar-refractivity contribution is -0.140. The standard InChI is InChI=1S/C19H38O2Si/c1-6-11-12-13-14-15-17-18(16-7-2)19(20)21-22(8-3,9-4)10-5/h11-12,18H,6-10,13-17H2,1-5H3. The zero-order chi connectivity index (χ0) is 16.8. The Kier molecular flexibility index (Phi) is 12.6. The molecule has 0 rings (SSSR count). The predicted molar refractivity (Wildman–Crippen MR) is 99.6 cm³/mol. The predicted octanol–water partition coefficient (Wildman–Crippen LogP) is 6.48. The van der Waals surface area contributed by atoms with Crippen LogP contribution in [0.15, 0.2) is 12.2 Å². The Bertz CT molecular complexity index is 300. The summed E-state index contributed by atoms with van der Waals surface area (Å²) in [4.78, 5) is 12.6. The number of hydrogen-bond donors (Lipinski definition) is 0. The normalized spacial score (nSPS) is 13.5. The van der Waals surface area contributed by atoms with Crippen LogP contribution in [-0.2, 0) is 9.22 Å². The van der Waals surface area contributed by atoms with E-state index in [2.05, 4.69) is 46.8 Å². The minimum atomic E-state index is -1.80. The van der Waals surface area contributed by atoms with Crippen LogP contribution in [0.3, 0.4) is 0 Å². The molecule has 0 heterocycles. The summed E-state index contributed by atoms with van der Waals surface area (Å²) in [6.07, 6.45) is 12.1. The van der Waals surface area contributed by atoms with Gasteiger partial charge in [0.1, 0.15) is 0 Å². The summed E-state index contributed by atoms with van der Waals surface area (Å²) < 4.78 is 6.08. The quantitative estimate of drug-likeness (QED) is 0.220. The third-order valence-electron chi connectivity index (χ3n) is 4.80. The van der Waals surface area contributed by atoms with Gasteiger partial charge in [0.2, 0.25) is 0 Å². The molecule has 0 bridgehead atoms. The number of hydrogen-bond acceptors (Lipinski definition) is 2. The minimum absolute atomic E-state index is 0.100. The average molecular weight is 327 g/mol. The maximum absolute atomic E-state index is 12.6. The summed E-state index contributed by atoms with van der Waals surface area (Å²) in [6, 6.07) is 3.14. The third kappa shape index (κ3) is 8.16. The molecule has 0 aromatic heterocycles. The third-order valence-corrected chi connectivity index (χ3v) is 9.30. The van der Waals surface area contributed by atoms with E-state index in [1.807, 2.05) is 0 Å². The van der Waals surface area contributed by atoms with E-state index in [0.717, 1.165) is 56.7 Å². The van der Waals surface area contributed by atoms with E-state index >= 15 is 0 Å². The number of allylic oxidation sites excluding steroid dienone is 2. The van der Waals surface area contributed by atoms with Gasteiger partial charge >= 0.3 is 0 Å². The van der Waals surface area contributed by atoms with Crippen molar-refractivity contribution < 1.29 is 9.22 Å². The van der Waals surface area contributed by atoms with E-state index in [1.54, 1.807) is 0 Å². The van der Waals surface area contributed by atoms with Crippen LogP contribution in [0, 0.1) is 5.92 Å². The van der Waals surface area contributed by atoms with Crippen molar-refractivity contribution in [2.45, 2.75) is 97.7 Å². The summed E-state index contributed by atoms with van der Waals surface area (Å²) in [6.45, 7) is 10.9. The molecule has 1 atom stereocenters. The van der Waals surface area contributed by atoms with Crippen LogP contribution in [0.4, 0.5) is 0 Å². The molecular weight excluding hydrogens is 288 g/mol. The van der Waals surface area contributed by atoms with Gasteiger partial charge in [-0.25, -0.2) is 0 Å². The fourth-order valence-electron chi connectivity index (χ4n) is 2.93.